The molecule has 0 nitrogen and oxygen atoms in total. The summed E-state index contributed by atoms with van der Waals surface area (Å²) < 4.78 is 29.6. The van der Waals surface area contributed by atoms with Crippen molar-refractivity contribution < 1.29 is 31.5 Å². The van der Waals surface area contributed by atoms with E-state index in [-0.39, 0.29) is 0 Å². The SMILES string of the molecule is CCCCC1C=Cc2ccccc21.[F][Zr]([F])[F]. The molecule has 93 valence electrons. The molecular formula is C13H16F3Zr. The van der Waals surface area contributed by atoms with Gasteiger partial charge < -0.3 is 0 Å². The van der Waals surface area contributed by atoms with E-state index in [1.54, 1.807) is 0 Å². The van der Waals surface area contributed by atoms with Crippen LogP contribution in [0.5, 0.6) is 0 Å². The topological polar surface area (TPSA) is 0 Å². The molecule has 0 bridgehead atoms. The molecule has 0 heterocycles. The molecule has 0 fully saturated rings. The maximum absolute atomic E-state index is 9.86. The number of allylic oxidation sites excluding steroid dienone is 1. The third-order valence-electron chi connectivity index (χ3n) is 2.77. The van der Waals surface area contributed by atoms with Gasteiger partial charge in [0.25, 0.3) is 0 Å². The van der Waals surface area contributed by atoms with Crippen LogP contribution in [0.1, 0.15) is 43.2 Å². The number of rotatable bonds is 3. The summed E-state index contributed by atoms with van der Waals surface area (Å²) in [6, 6.07) is 8.73. The van der Waals surface area contributed by atoms with Crippen molar-refractivity contribution in [3.8, 4) is 0 Å². The first-order chi connectivity index (χ1) is 8.15. The Bertz CT molecular complexity index is 361. The van der Waals surface area contributed by atoms with Crippen LogP contribution in [-0.2, 0) is 23.6 Å². The summed E-state index contributed by atoms with van der Waals surface area (Å²) in [6.45, 7) is 2.25. The van der Waals surface area contributed by atoms with Crippen molar-refractivity contribution in [3.63, 3.8) is 0 Å². The molecule has 1 atom stereocenters. The van der Waals surface area contributed by atoms with E-state index in [2.05, 4.69) is 43.3 Å². The van der Waals surface area contributed by atoms with Crippen molar-refractivity contribution in [1.82, 2.24) is 0 Å². The monoisotopic (exact) mass is 319 g/mol. The second-order valence-electron chi connectivity index (χ2n) is 3.95. The minimum atomic E-state index is -5.04. The van der Waals surface area contributed by atoms with Gasteiger partial charge in [-0.1, -0.05) is 56.2 Å². The fourth-order valence-corrected chi connectivity index (χ4v) is 2.00. The van der Waals surface area contributed by atoms with Crippen molar-refractivity contribution in [1.29, 1.82) is 0 Å². The molecule has 0 aromatic heterocycles. The van der Waals surface area contributed by atoms with Gasteiger partial charge in [-0.2, -0.15) is 0 Å². The van der Waals surface area contributed by atoms with E-state index < -0.39 is 23.6 Å². The first kappa shape index (κ1) is 14.7. The molecule has 0 spiro atoms. The van der Waals surface area contributed by atoms with Crippen LogP contribution in [0.2, 0.25) is 0 Å². The van der Waals surface area contributed by atoms with E-state index >= 15 is 0 Å². The van der Waals surface area contributed by atoms with Gasteiger partial charge in [0.05, 0.1) is 0 Å². The minimum absolute atomic E-state index is 0.691. The molecule has 0 N–H and O–H groups in total. The molecule has 1 aromatic rings. The fourth-order valence-electron chi connectivity index (χ4n) is 2.00. The zero-order valence-corrected chi connectivity index (χ0v) is 12.3. The van der Waals surface area contributed by atoms with Crippen LogP contribution in [0.15, 0.2) is 30.3 Å². The Morgan fingerprint density at radius 3 is 2.47 bits per heavy atom. The van der Waals surface area contributed by atoms with Crippen molar-refractivity contribution in [2.24, 2.45) is 0 Å². The van der Waals surface area contributed by atoms with E-state index in [1.807, 2.05) is 0 Å². The van der Waals surface area contributed by atoms with Crippen LogP contribution >= 0.6 is 0 Å². The molecule has 2 rings (SSSR count). The van der Waals surface area contributed by atoms with Crippen LogP contribution < -0.4 is 0 Å². The second-order valence-corrected chi connectivity index (χ2v) is 5.00. The molecule has 0 saturated carbocycles. The predicted octanol–water partition coefficient (Wildman–Crippen LogP) is 5.25. The van der Waals surface area contributed by atoms with E-state index in [0.717, 1.165) is 0 Å². The van der Waals surface area contributed by atoms with Crippen LogP contribution in [-0.4, -0.2) is 0 Å². The van der Waals surface area contributed by atoms with Gasteiger partial charge in [-0.25, -0.2) is 0 Å². The van der Waals surface area contributed by atoms with Gasteiger partial charge in [0.1, 0.15) is 0 Å². The molecular weight excluding hydrogens is 304 g/mol. The summed E-state index contributed by atoms with van der Waals surface area (Å²) in [7, 11) is 0. The molecule has 0 amide bonds. The van der Waals surface area contributed by atoms with Crippen molar-refractivity contribution in [2.75, 3.05) is 0 Å². The molecule has 4 heteroatoms. The Hall–Kier alpha value is -0.367. The number of benzene rings is 1. The Labute approximate surface area is 111 Å². The third kappa shape index (κ3) is 5.20. The zero-order chi connectivity index (χ0) is 12.7. The van der Waals surface area contributed by atoms with Gasteiger partial charge in [-0.05, 0) is 17.5 Å². The van der Waals surface area contributed by atoms with Crippen molar-refractivity contribution >= 4 is 6.08 Å². The summed E-state index contributed by atoms with van der Waals surface area (Å²) >= 11 is -5.04. The number of unbranched alkanes of at least 4 members (excludes halogenated alkanes) is 1. The Morgan fingerprint density at radius 1 is 1.18 bits per heavy atom. The normalized spacial score (nSPS) is 16.1. The molecule has 0 radical (unpaired) electrons. The number of hydrogen-bond donors (Lipinski definition) is 0. The zero-order valence-electron chi connectivity index (χ0n) is 9.80. The number of halogens is 3. The van der Waals surface area contributed by atoms with Crippen LogP contribution in [0, 0.1) is 0 Å². The number of hydrogen-bond acceptors (Lipinski definition) is 0. The Kier molecular flexibility index (Phi) is 6.80. The third-order valence-corrected chi connectivity index (χ3v) is 2.77. The molecule has 17 heavy (non-hydrogen) atoms. The summed E-state index contributed by atoms with van der Waals surface area (Å²) in [5.41, 5.74) is 2.94. The second kappa shape index (κ2) is 7.86. The van der Waals surface area contributed by atoms with E-state index in [0.29, 0.717) is 5.92 Å². The van der Waals surface area contributed by atoms with Gasteiger partial charge in [0.15, 0.2) is 0 Å². The molecule has 1 unspecified atom stereocenters. The van der Waals surface area contributed by atoms with Crippen molar-refractivity contribution in [2.45, 2.75) is 32.1 Å². The summed E-state index contributed by atoms with van der Waals surface area (Å²) in [4.78, 5) is 0. The van der Waals surface area contributed by atoms with Gasteiger partial charge in [0, 0.05) is 5.92 Å². The standard InChI is InChI=1S/C13H16.3FH.Zr/c1-2-3-6-11-9-10-12-7-4-5-8-13(11)12;;;;/h4-5,7-11H,2-3,6H2,1H3;3*1H;/q;;;;+3/p-3. The van der Waals surface area contributed by atoms with Gasteiger partial charge in [-0.3, -0.25) is 0 Å². The maximum atomic E-state index is 9.86. The summed E-state index contributed by atoms with van der Waals surface area (Å²) in [6.07, 6.45) is 8.55. The van der Waals surface area contributed by atoms with E-state index in [9.17, 15) is 7.88 Å². The summed E-state index contributed by atoms with van der Waals surface area (Å²) in [5, 5.41) is 0. The molecule has 1 aromatic carbocycles. The summed E-state index contributed by atoms with van der Waals surface area (Å²) in [5.74, 6) is 0.691. The van der Waals surface area contributed by atoms with E-state index in [4.69, 9.17) is 0 Å². The molecule has 0 aliphatic heterocycles. The van der Waals surface area contributed by atoms with Gasteiger partial charge in [0.2, 0.25) is 0 Å². The van der Waals surface area contributed by atoms with Gasteiger partial charge >= 0.3 is 31.5 Å². The Balaban J connectivity index is 0.000000317. The average Bonchev–Trinajstić information content (AvgIpc) is 2.69. The Morgan fingerprint density at radius 2 is 1.82 bits per heavy atom. The van der Waals surface area contributed by atoms with Crippen LogP contribution in [0.25, 0.3) is 6.08 Å². The molecule has 1 aliphatic rings. The van der Waals surface area contributed by atoms with Gasteiger partial charge in [-0.15, -0.1) is 0 Å². The predicted molar refractivity (Wildman–Crippen MR) is 61.1 cm³/mol. The quantitative estimate of drug-likeness (QED) is 0.714. The fraction of sp³-hybridized carbons (Fsp3) is 0.385. The van der Waals surface area contributed by atoms with E-state index in [1.165, 1.54) is 30.4 Å². The molecule has 0 saturated heterocycles. The van der Waals surface area contributed by atoms with Crippen LogP contribution in [0.4, 0.5) is 7.88 Å². The number of fused-ring (bicyclic) bond motifs is 1. The first-order valence-corrected chi connectivity index (χ1v) is 8.54. The average molecular weight is 320 g/mol. The first-order valence-electron chi connectivity index (χ1n) is 5.75. The van der Waals surface area contributed by atoms with Crippen molar-refractivity contribution in [3.05, 3.63) is 41.5 Å². The molecule has 1 aliphatic carbocycles. The van der Waals surface area contributed by atoms with Crippen LogP contribution in [0.3, 0.4) is 0 Å².